The molecule has 0 spiro atoms. The van der Waals surface area contributed by atoms with Crippen molar-refractivity contribution in [2.24, 2.45) is 0 Å². The topological polar surface area (TPSA) is 135 Å². The van der Waals surface area contributed by atoms with E-state index in [9.17, 15) is 9.18 Å². The highest BCUT2D eigenvalue weighted by Crippen LogP contribution is 2.43. The molecule has 220 valence electrons. The van der Waals surface area contributed by atoms with E-state index in [0.717, 1.165) is 72.7 Å². The lowest BCUT2D eigenvalue weighted by atomic mass is 9.75. The Morgan fingerprint density at radius 2 is 2.05 bits per heavy atom. The van der Waals surface area contributed by atoms with Crippen molar-refractivity contribution in [3.8, 4) is 5.82 Å². The van der Waals surface area contributed by atoms with E-state index >= 15 is 0 Å². The van der Waals surface area contributed by atoms with Crippen molar-refractivity contribution in [1.29, 1.82) is 0 Å². The second-order valence-corrected chi connectivity index (χ2v) is 11.2. The molecule has 4 aromatic heterocycles. The van der Waals surface area contributed by atoms with Crippen LogP contribution in [0.5, 0.6) is 0 Å². The third-order valence-electron chi connectivity index (χ3n) is 8.43. The highest BCUT2D eigenvalue weighted by atomic mass is 19.1. The summed E-state index contributed by atoms with van der Waals surface area (Å²) in [6.07, 6.45) is 8.88. The van der Waals surface area contributed by atoms with E-state index in [0.29, 0.717) is 18.7 Å². The van der Waals surface area contributed by atoms with Gasteiger partial charge < -0.3 is 20.7 Å². The van der Waals surface area contributed by atoms with Crippen LogP contribution in [-0.2, 0) is 16.0 Å². The van der Waals surface area contributed by atoms with Crippen molar-refractivity contribution in [1.82, 2.24) is 35.3 Å². The number of hydrogen-bond donors (Lipinski definition) is 4. The summed E-state index contributed by atoms with van der Waals surface area (Å²) in [5, 5.41) is 21.2. The first-order chi connectivity index (χ1) is 20.3. The molecule has 1 aliphatic heterocycles. The lowest BCUT2D eigenvalue weighted by Gasteiger charge is -2.39. The number of rotatable bonds is 8. The first-order valence-electron chi connectivity index (χ1n) is 14.4. The van der Waals surface area contributed by atoms with Gasteiger partial charge in [-0.15, -0.1) is 0 Å². The number of halogens is 1. The minimum Gasteiger partial charge on any atom is -0.385 e. The maximum atomic E-state index is 13.6. The summed E-state index contributed by atoms with van der Waals surface area (Å²) in [6, 6.07) is 7.34. The molecule has 4 N–H and O–H groups in total. The number of pyridine rings is 2. The Bertz CT molecular complexity index is 1560. The van der Waals surface area contributed by atoms with Gasteiger partial charge in [-0.3, -0.25) is 9.89 Å². The lowest BCUT2D eigenvalue weighted by Crippen LogP contribution is -2.51. The number of amides is 1. The molecular weight excluding hydrogens is 537 g/mol. The van der Waals surface area contributed by atoms with Gasteiger partial charge in [0.25, 0.3) is 5.91 Å². The van der Waals surface area contributed by atoms with E-state index in [1.807, 2.05) is 26.0 Å². The maximum Gasteiger partial charge on any atom is 0.252 e. The molecule has 6 rings (SSSR count). The van der Waals surface area contributed by atoms with Crippen LogP contribution in [0.4, 0.5) is 21.7 Å². The number of anilines is 3. The van der Waals surface area contributed by atoms with Gasteiger partial charge in [-0.1, -0.05) is 6.07 Å². The zero-order valence-electron chi connectivity index (χ0n) is 24.1. The van der Waals surface area contributed by atoms with Gasteiger partial charge in [0.05, 0.1) is 24.1 Å². The molecule has 1 atom stereocenters. The number of carbonyl (C=O) groups excluding carboxylic acids is 1. The van der Waals surface area contributed by atoms with E-state index in [1.165, 1.54) is 16.4 Å². The first kappa shape index (κ1) is 27.8. The molecule has 11 nitrogen and oxygen atoms in total. The molecule has 5 heterocycles. The summed E-state index contributed by atoms with van der Waals surface area (Å²) in [4.78, 5) is 23.1. The Kier molecular flexibility index (Phi) is 7.63. The van der Waals surface area contributed by atoms with E-state index in [-0.39, 0.29) is 17.9 Å². The van der Waals surface area contributed by atoms with Crippen molar-refractivity contribution in [3.05, 3.63) is 71.2 Å². The monoisotopic (exact) mass is 573 g/mol. The second kappa shape index (κ2) is 11.5. The highest BCUT2D eigenvalue weighted by molar-refractivity contribution is 5.85. The van der Waals surface area contributed by atoms with Crippen LogP contribution in [-0.4, -0.2) is 55.1 Å². The molecular formula is C30H36FN9O2. The number of aromatic amines is 1. The van der Waals surface area contributed by atoms with Crippen LogP contribution < -0.4 is 16.0 Å². The molecule has 1 amide bonds. The summed E-state index contributed by atoms with van der Waals surface area (Å²) in [5.74, 6) is 1.65. The summed E-state index contributed by atoms with van der Waals surface area (Å²) in [7, 11) is 1.62. The van der Waals surface area contributed by atoms with Crippen molar-refractivity contribution in [2.45, 2.75) is 69.9 Å². The predicted molar refractivity (Wildman–Crippen MR) is 156 cm³/mol. The van der Waals surface area contributed by atoms with Crippen LogP contribution in [0.3, 0.4) is 0 Å². The quantitative estimate of drug-likeness (QED) is 0.235. The SMILES string of the molecule is COC1(C(=O)N[C@@H](C)c2ccc(-n3cc(F)cn3)nc2)CCC(c2nc(Nc3cc(C)[nH]n3)cc3c2CCCN3)CC1. The number of nitrogens with one attached hydrogen (secondary N) is 4. The summed E-state index contributed by atoms with van der Waals surface area (Å²) < 4.78 is 20.6. The fraction of sp³-hybridized carbons (Fsp3) is 0.433. The largest absolute Gasteiger partial charge is 0.385 e. The molecule has 42 heavy (non-hydrogen) atoms. The Hall–Kier alpha value is -4.32. The average molecular weight is 574 g/mol. The van der Waals surface area contributed by atoms with Crippen molar-refractivity contribution in [2.75, 3.05) is 24.3 Å². The van der Waals surface area contributed by atoms with Gasteiger partial charge in [-0.2, -0.15) is 10.2 Å². The zero-order chi connectivity index (χ0) is 29.3. The molecule has 1 aliphatic carbocycles. The molecule has 0 unspecified atom stereocenters. The first-order valence-corrected chi connectivity index (χ1v) is 14.4. The number of methoxy groups -OCH3 is 1. The smallest absolute Gasteiger partial charge is 0.252 e. The summed E-state index contributed by atoms with van der Waals surface area (Å²) in [5.41, 5.74) is 4.38. The summed E-state index contributed by atoms with van der Waals surface area (Å²) in [6.45, 7) is 4.82. The third-order valence-corrected chi connectivity index (χ3v) is 8.43. The molecule has 1 saturated carbocycles. The van der Waals surface area contributed by atoms with Crippen molar-refractivity contribution in [3.63, 3.8) is 0 Å². The second-order valence-electron chi connectivity index (χ2n) is 11.2. The van der Waals surface area contributed by atoms with Crippen LogP contribution in [0, 0.1) is 12.7 Å². The van der Waals surface area contributed by atoms with Gasteiger partial charge in [0.15, 0.2) is 17.5 Å². The summed E-state index contributed by atoms with van der Waals surface area (Å²) >= 11 is 0. The molecule has 0 aromatic carbocycles. The van der Waals surface area contributed by atoms with Crippen LogP contribution in [0.25, 0.3) is 5.82 Å². The van der Waals surface area contributed by atoms with E-state index < -0.39 is 11.4 Å². The molecule has 1 fully saturated rings. The molecule has 0 bridgehead atoms. The number of carbonyl (C=O) groups is 1. The number of aromatic nitrogens is 6. The average Bonchev–Trinajstić information content (AvgIpc) is 3.64. The highest BCUT2D eigenvalue weighted by Gasteiger charge is 2.43. The normalized spacial score (nSPS) is 20.8. The fourth-order valence-electron chi connectivity index (χ4n) is 6.02. The molecule has 12 heteroatoms. The predicted octanol–water partition coefficient (Wildman–Crippen LogP) is 4.85. The Morgan fingerprint density at radius 3 is 2.71 bits per heavy atom. The Labute approximate surface area is 243 Å². The van der Waals surface area contributed by atoms with Gasteiger partial charge in [0, 0.05) is 49.3 Å². The Balaban J connectivity index is 1.14. The van der Waals surface area contributed by atoms with Gasteiger partial charge in [-0.25, -0.2) is 19.0 Å². The van der Waals surface area contributed by atoms with Crippen molar-refractivity contribution < 1.29 is 13.9 Å². The minimum atomic E-state index is -0.911. The molecule has 2 aliphatic rings. The fourth-order valence-corrected chi connectivity index (χ4v) is 6.02. The van der Waals surface area contributed by atoms with E-state index in [1.54, 1.807) is 19.4 Å². The van der Waals surface area contributed by atoms with Gasteiger partial charge in [0.1, 0.15) is 11.4 Å². The van der Waals surface area contributed by atoms with Crippen molar-refractivity contribution >= 4 is 23.2 Å². The van der Waals surface area contributed by atoms with Crippen LogP contribution in [0.1, 0.15) is 73.5 Å². The number of hydrogen-bond acceptors (Lipinski definition) is 8. The number of H-pyrrole nitrogens is 1. The van der Waals surface area contributed by atoms with E-state index in [2.05, 4.69) is 42.3 Å². The maximum absolute atomic E-state index is 13.6. The molecule has 0 saturated heterocycles. The van der Waals surface area contributed by atoms with Crippen LogP contribution in [0.2, 0.25) is 0 Å². The van der Waals surface area contributed by atoms with Gasteiger partial charge >= 0.3 is 0 Å². The number of aryl methyl sites for hydroxylation is 1. The molecule has 0 radical (unpaired) electrons. The number of fused-ring (bicyclic) bond motifs is 1. The number of nitrogens with zero attached hydrogens (tertiary/aromatic N) is 5. The van der Waals surface area contributed by atoms with Crippen LogP contribution >= 0.6 is 0 Å². The lowest BCUT2D eigenvalue weighted by molar-refractivity contribution is -0.148. The van der Waals surface area contributed by atoms with E-state index in [4.69, 9.17) is 9.72 Å². The molecule has 4 aromatic rings. The third kappa shape index (κ3) is 5.58. The van der Waals surface area contributed by atoms with Gasteiger partial charge in [0.2, 0.25) is 0 Å². The standard InChI is InChI=1S/C30H36FN9O2/c1-18-13-26(39-38-18)36-25-14-24-23(5-4-12-32-24)28(37-25)20-8-10-30(42-3,11-9-20)29(41)35-19(2)21-6-7-27(33-15-21)40-17-22(31)16-34-40/h6-7,13-17,19-20,32H,4-5,8-12H2,1-3H3,(H,35,41)(H2,36,37,38,39)/t19-,20?,30?/m0/s1. The van der Waals surface area contributed by atoms with Crippen LogP contribution in [0.15, 0.2) is 42.9 Å². The zero-order valence-corrected chi connectivity index (χ0v) is 24.1. The minimum absolute atomic E-state index is 0.129. The van der Waals surface area contributed by atoms with Gasteiger partial charge in [-0.05, 0) is 69.6 Å². The Morgan fingerprint density at radius 1 is 1.21 bits per heavy atom. The number of ether oxygens (including phenoxy) is 1.